The molecule has 2 amide bonds. The molecule has 0 saturated heterocycles. The summed E-state index contributed by atoms with van der Waals surface area (Å²) in [6, 6.07) is 17.9. The van der Waals surface area contributed by atoms with Gasteiger partial charge in [0.2, 0.25) is 11.8 Å². The molecule has 28 heavy (non-hydrogen) atoms. The van der Waals surface area contributed by atoms with Gasteiger partial charge in [0.25, 0.3) is 0 Å². The van der Waals surface area contributed by atoms with Crippen LogP contribution >= 0.6 is 11.8 Å². The second kappa shape index (κ2) is 11.5. The maximum Gasteiger partial charge on any atom is 0.242 e. The summed E-state index contributed by atoms with van der Waals surface area (Å²) in [5.41, 5.74) is 3.46. The molecule has 0 unspecified atom stereocenters. The molecule has 0 aliphatic carbocycles. The summed E-state index contributed by atoms with van der Waals surface area (Å²) in [5.74, 6) is 1.54. The average molecular weight is 399 g/mol. The van der Waals surface area contributed by atoms with Crippen molar-refractivity contribution in [1.82, 2.24) is 10.2 Å². The predicted molar refractivity (Wildman–Crippen MR) is 117 cm³/mol. The number of hydrogen-bond acceptors (Lipinski definition) is 3. The van der Waals surface area contributed by atoms with Gasteiger partial charge in [-0.25, -0.2) is 0 Å². The summed E-state index contributed by atoms with van der Waals surface area (Å²) >= 11 is 1.75. The van der Waals surface area contributed by atoms with Gasteiger partial charge in [-0.3, -0.25) is 9.59 Å². The van der Waals surface area contributed by atoms with Crippen LogP contribution in [-0.2, 0) is 21.9 Å². The first-order valence-electron chi connectivity index (χ1n) is 9.73. The van der Waals surface area contributed by atoms with Gasteiger partial charge in [0.05, 0.1) is 0 Å². The number of nitrogens with one attached hydrogen (secondary N) is 1. The molecular formula is C23H30N2O2S. The molecule has 1 atom stereocenters. The van der Waals surface area contributed by atoms with Crippen molar-refractivity contribution in [3.8, 4) is 0 Å². The van der Waals surface area contributed by atoms with Gasteiger partial charge in [0, 0.05) is 31.5 Å². The van der Waals surface area contributed by atoms with Crippen LogP contribution in [0.4, 0.5) is 0 Å². The lowest BCUT2D eigenvalue weighted by atomic mass is 10.1. The monoisotopic (exact) mass is 398 g/mol. The first kappa shape index (κ1) is 22.0. The molecule has 1 N–H and O–H groups in total. The van der Waals surface area contributed by atoms with Gasteiger partial charge < -0.3 is 10.2 Å². The minimum Gasteiger partial charge on any atom is -0.357 e. The van der Waals surface area contributed by atoms with E-state index in [0.717, 1.165) is 22.6 Å². The Balaban J connectivity index is 2.02. The zero-order valence-electron chi connectivity index (χ0n) is 17.0. The summed E-state index contributed by atoms with van der Waals surface area (Å²) in [4.78, 5) is 27.1. The summed E-state index contributed by atoms with van der Waals surface area (Å²) < 4.78 is 0. The maximum absolute atomic E-state index is 13.0. The molecule has 0 aliphatic rings. The van der Waals surface area contributed by atoms with Gasteiger partial charge in [0.15, 0.2) is 0 Å². The molecule has 2 rings (SSSR count). The minimum atomic E-state index is -0.447. The van der Waals surface area contributed by atoms with Crippen LogP contribution < -0.4 is 5.32 Å². The normalized spacial score (nSPS) is 11.7. The fourth-order valence-corrected chi connectivity index (χ4v) is 4.05. The first-order valence-corrected chi connectivity index (χ1v) is 10.9. The Morgan fingerprint density at radius 3 is 2.43 bits per heavy atom. The zero-order valence-corrected chi connectivity index (χ0v) is 17.8. The molecule has 0 saturated carbocycles. The molecular weight excluding hydrogens is 368 g/mol. The second-order valence-corrected chi connectivity index (χ2v) is 7.94. The fourth-order valence-electron chi connectivity index (χ4n) is 3.16. The summed E-state index contributed by atoms with van der Waals surface area (Å²) in [7, 11) is 1.62. The molecule has 0 fully saturated rings. The summed E-state index contributed by atoms with van der Waals surface area (Å²) in [5, 5.41) is 2.70. The van der Waals surface area contributed by atoms with E-state index >= 15 is 0 Å². The van der Waals surface area contributed by atoms with Crippen LogP contribution in [0.25, 0.3) is 0 Å². The Hall–Kier alpha value is -2.27. The number of benzene rings is 2. The van der Waals surface area contributed by atoms with Crippen molar-refractivity contribution in [2.45, 2.75) is 45.0 Å². The molecule has 2 aromatic rings. The molecule has 0 aliphatic heterocycles. The largest absolute Gasteiger partial charge is 0.357 e. The molecule has 5 heteroatoms. The third-order valence-corrected chi connectivity index (χ3v) is 5.67. The minimum absolute atomic E-state index is 0.0255. The number of nitrogens with zero attached hydrogens (tertiary/aromatic N) is 1. The lowest BCUT2D eigenvalue weighted by Gasteiger charge is -2.30. The van der Waals surface area contributed by atoms with Crippen LogP contribution in [0.1, 0.15) is 36.5 Å². The zero-order chi connectivity index (χ0) is 20.4. The van der Waals surface area contributed by atoms with E-state index < -0.39 is 6.04 Å². The second-order valence-electron chi connectivity index (χ2n) is 6.84. The van der Waals surface area contributed by atoms with Gasteiger partial charge in [0.1, 0.15) is 6.04 Å². The Bertz CT molecular complexity index is 764. The van der Waals surface area contributed by atoms with Crippen molar-refractivity contribution >= 4 is 23.6 Å². The lowest BCUT2D eigenvalue weighted by molar-refractivity contribution is -0.140. The third kappa shape index (κ3) is 6.71. The van der Waals surface area contributed by atoms with E-state index in [1.54, 1.807) is 23.7 Å². The van der Waals surface area contributed by atoms with E-state index in [2.05, 4.69) is 23.5 Å². The Labute approximate surface area is 172 Å². The molecule has 4 nitrogen and oxygen atoms in total. The molecule has 0 heterocycles. The van der Waals surface area contributed by atoms with Crippen molar-refractivity contribution in [2.24, 2.45) is 0 Å². The number of carbonyl (C=O) groups excluding carboxylic acids is 2. The van der Waals surface area contributed by atoms with E-state index in [1.807, 2.05) is 50.2 Å². The van der Waals surface area contributed by atoms with Gasteiger partial charge in [-0.15, -0.1) is 0 Å². The molecule has 0 aromatic heterocycles. The number of hydrogen-bond donors (Lipinski definition) is 1. The molecule has 0 bridgehead atoms. The molecule has 0 spiro atoms. The van der Waals surface area contributed by atoms with Crippen LogP contribution in [-0.4, -0.2) is 35.6 Å². The van der Waals surface area contributed by atoms with Crippen molar-refractivity contribution in [2.75, 3.05) is 12.8 Å². The summed E-state index contributed by atoms with van der Waals surface area (Å²) in [6.45, 7) is 4.43. The van der Waals surface area contributed by atoms with E-state index in [9.17, 15) is 9.59 Å². The van der Waals surface area contributed by atoms with E-state index in [1.165, 1.54) is 5.56 Å². The number of rotatable bonds is 10. The standard InChI is InChI=1S/C23H30N2O2S/c1-4-21(23(27)24-3)25(16-20-12-8-9-18(2)15-20)22(26)13-14-28-17-19-10-6-5-7-11-19/h5-12,15,21H,4,13-14,16-17H2,1-3H3,(H,24,27)/t21-/m1/s1. The van der Waals surface area contributed by atoms with Crippen LogP contribution in [0.2, 0.25) is 0 Å². The highest BCUT2D eigenvalue weighted by molar-refractivity contribution is 7.98. The van der Waals surface area contributed by atoms with Crippen LogP contribution in [0, 0.1) is 6.92 Å². The van der Waals surface area contributed by atoms with Crippen LogP contribution in [0.5, 0.6) is 0 Å². The van der Waals surface area contributed by atoms with Gasteiger partial charge >= 0.3 is 0 Å². The van der Waals surface area contributed by atoms with Crippen molar-refractivity contribution in [3.05, 3.63) is 71.3 Å². The van der Waals surface area contributed by atoms with Crippen molar-refractivity contribution in [3.63, 3.8) is 0 Å². The highest BCUT2D eigenvalue weighted by Crippen LogP contribution is 2.17. The average Bonchev–Trinajstić information content (AvgIpc) is 2.71. The van der Waals surface area contributed by atoms with Crippen LogP contribution in [0.3, 0.4) is 0 Å². The highest BCUT2D eigenvalue weighted by Gasteiger charge is 2.27. The highest BCUT2D eigenvalue weighted by atomic mass is 32.2. The molecule has 0 radical (unpaired) electrons. The van der Waals surface area contributed by atoms with E-state index in [-0.39, 0.29) is 11.8 Å². The SMILES string of the molecule is CC[C@H](C(=O)NC)N(Cc1cccc(C)c1)C(=O)CCSCc1ccccc1. The Morgan fingerprint density at radius 2 is 1.79 bits per heavy atom. The van der Waals surface area contributed by atoms with E-state index in [4.69, 9.17) is 0 Å². The van der Waals surface area contributed by atoms with Gasteiger partial charge in [-0.05, 0) is 24.5 Å². The summed E-state index contributed by atoms with van der Waals surface area (Å²) in [6.07, 6.45) is 1.02. The predicted octanol–water partition coefficient (Wildman–Crippen LogP) is 4.17. The van der Waals surface area contributed by atoms with Gasteiger partial charge in [-0.2, -0.15) is 11.8 Å². The Morgan fingerprint density at radius 1 is 1.07 bits per heavy atom. The van der Waals surface area contributed by atoms with Crippen molar-refractivity contribution < 1.29 is 9.59 Å². The number of likely N-dealkylation sites (N-methyl/N-ethyl adjacent to an activating group) is 1. The van der Waals surface area contributed by atoms with Crippen molar-refractivity contribution in [1.29, 1.82) is 0 Å². The third-order valence-electron chi connectivity index (χ3n) is 4.64. The smallest absolute Gasteiger partial charge is 0.242 e. The molecule has 2 aromatic carbocycles. The van der Waals surface area contributed by atoms with E-state index in [0.29, 0.717) is 19.4 Å². The topological polar surface area (TPSA) is 49.4 Å². The quantitative estimate of drug-likeness (QED) is 0.611. The lowest BCUT2D eigenvalue weighted by Crippen LogP contribution is -2.48. The van der Waals surface area contributed by atoms with Gasteiger partial charge in [-0.1, -0.05) is 67.1 Å². The number of aryl methyl sites for hydroxylation is 1. The fraction of sp³-hybridized carbons (Fsp3) is 0.391. The number of thioether (sulfide) groups is 1. The first-order chi connectivity index (χ1) is 13.5. The molecule has 150 valence electrons. The Kier molecular flexibility index (Phi) is 9.08. The van der Waals surface area contributed by atoms with Crippen LogP contribution in [0.15, 0.2) is 54.6 Å². The maximum atomic E-state index is 13.0. The number of carbonyl (C=O) groups is 2. The number of amides is 2.